The van der Waals surface area contributed by atoms with Gasteiger partial charge < -0.3 is 4.74 Å². The minimum atomic E-state index is -0.199. The van der Waals surface area contributed by atoms with E-state index in [1.807, 2.05) is 12.2 Å². The highest BCUT2D eigenvalue weighted by atomic mass is 16.5. The van der Waals surface area contributed by atoms with Gasteiger partial charge in [-0.05, 0) is 25.2 Å². The van der Waals surface area contributed by atoms with Crippen LogP contribution in [-0.2, 0) is 9.53 Å². The van der Waals surface area contributed by atoms with Crippen LogP contribution >= 0.6 is 0 Å². The van der Waals surface area contributed by atoms with E-state index in [-0.39, 0.29) is 5.97 Å². The molecule has 0 aliphatic heterocycles. The predicted molar refractivity (Wildman–Crippen MR) is 225 cm³/mol. The van der Waals surface area contributed by atoms with Crippen LogP contribution in [0.2, 0.25) is 0 Å². The van der Waals surface area contributed by atoms with E-state index in [1.54, 1.807) is 6.08 Å². The molecule has 0 bridgehead atoms. The molecule has 0 amide bonds. The van der Waals surface area contributed by atoms with Crippen LogP contribution in [0.15, 0.2) is 24.3 Å². The van der Waals surface area contributed by atoms with Gasteiger partial charge in [-0.2, -0.15) is 0 Å². The number of rotatable bonds is 42. The van der Waals surface area contributed by atoms with Crippen LogP contribution in [0.5, 0.6) is 0 Å². The zero-order valence-corrected chi connectivity index (χ0v) is 34.8. The maximum atomic E-state index is 11.9. The Morgan fingerprint density at radius 1 is 0.420 bits per heavy atom. The van der Waals surface area contributed by atoms with E-state index in [4.69, 9.17) is 4.74 Å². The molecule has 2 nitrogen and oxygen atoms in total. The Kier molecular flexibility index (Phi) is 43.2. The normalized spacial score (nSPS) is 11.9. The second kappa shape index (κ2) is 44.1. The molecule has 0 atom stereocenters. The van der Waals surface area contributed by atoms with Crippen LogP contribution in [0, 0.1) is 5.92 Å². The minimum absolute atomic E-state index is 0.199. The lowest BCUT2D eigenvalue weighted by atomic mass is 10.0. The SMILES string of the molecule is CCCCCCCCCCCCCCCC=CC=CC(=O)OCCCCCCCCCCCCCCCCCCCCCCCCCC(C)C. The number of allylic oxidation sites excluding steroid dienone is 3. The van der Waals surface area contributed by atoms with Gasteiger partial charge in [0.25, 0.3) is 0 Å². The van der Waals surface area contributed by atoms with Gasteiger partial charge in [-0.25, -0.2) is 4.79 Å². The summed E-state index contributed by atoms with van der Waals surface area (Å²) in [5.74, 6) is 0.685. The molecule has 0 heterocycles. The molecule has 0 aromatic carbocycles. The Labute approximate surface area is 316 Å². The smallest absolute Gasteiger partial charge is 0.330 e. The molecule has 50 heavy (non-hydrogen) atoms. The number of hydrogen-bond acceptors (Lipinski definition) is 2. The summed E-state index contributed by atoms with van der Waals surface area (Å²) in [4.78, 5) is 11.9. The van der Waals surface area contributed by atoms with Gasteiger partial charge in [0, 0.05) is 6.08 Å². The van der Waals surface area contributed by atoms with E-state index in [0.717, 1.165) is 18.8 Å². The largest absolute Gasteiger partial charge is 0.463 e. The molecular formula is C48H92O2. The van der Waals surface area contributed by atoms with Crippen molar-refractivity contribution in [2.45, 2.75) is 265 Å². The van der Waals surface area contributed by atoms with Crippen molar-refractivity contribution in [3.8, 4) is 0 Å². The third-order valence-electron chi connectivity index (χ3n) is 10.6. The Morgan fingerprint density at radius 3 is 1.10 bits per heavy atom. The number of esters is 1. The second-order valence-electron chi connectivity index (χ2n) is 16.3. The molecule has 296 valence electrons. The van der Waals surface area contributed by atoms with Crippen molar-refractivity contribution in [1.29, 1.82) is 0 Å². The maximum Gasteiger partial charge on any atom is 0.330 e. The van der Waals surface area contributed by atoms with Crippen LogP contribution in [0.1, 0.15) is 265 Å². The van der Waals surface area contributed by atoms with Crippen LogP contribution < -0.4 is 0 Å². The fourth-order valence-corrected chi connectivity index (χ4v) is 7.18. The molecule has 2 heteroatoms. The Morgan fingerprint density at radius 2 is 0.740 bits per heavy atom. The van der Waals surface area contributed by atoms with Gasteiger partial charge in [-0.3, -0.25) is 0 Å². The summed E-state index contributed by atoms with van der Waals surface area (Å²) in [6.45, 7) is 7.54. The second-order valence-corrected chi connectivity index (χ2v) is 16.3. The van der Waals surface area contributed by atoms with E-state index < -0.39 is 0 Å². The number of unbranched alkanes of at least 4 members (excludes halogenated alkanes) is 35. The van der Waals surface area contributed by atoms with E-state index >= 15 is 0 Å². The summed E-state index contributed by atoms with van der Waals surface area (Å²) in [5.41, 5.74) is 0. The van der Waals surface area contributed by atoms with Crippen molar-refractivity contribution >= 4 is 5.97 Å². The average molecular weight is 701 g/mol. The Hall–Kier alpha value is -1.05. The summed E-state index contributed by atoms with van der Waals surface area (Å²) < 4.78 is 5.37. The van der Waals surface area contributed by atoms with Gasteiger partial charge in [0.1, 0.15) is 0 Å². The third kappa shape index (κ3) is 45.0. The van der Waals surface area contributed by atoms with Gasteiger partial charge in [-0.15, -0.1) is 0 Å². The monoisotopic (exact) mass is 701 g/mol. The predicted octanol–water partition coefficient (Wildman–Crippen LogP) is 17.1. The molecule has 0 aliphatic carbocycles. The molecule has 0 saturated heterocycles. The molecule has 0 radical (unpaired) electrons. The first kappa shape index (κ1) is 49.0. The highest BCUT2D eigenvalue weighted by Gasteiger charge is 1.99. The van der Waals surface area contributed by atoms with Crippen molar-refractivity contribution < 1.29 is 9.53 Å². The standard InChI is InChI=1S/C48H92O2/c1-4-5-6-7-8-9-10-11-12-20-24-27-30-33-36-39-42-45-48(49)50-46-43-40-37-34-31-28-25-22-19-17-15-13-14-16-18-21-23-26-29-32-35-38-41-44-47(2)3/h36,39,42,45,47H,4-35,37-38,40-41,43-44,46H2,1-3H3. The van der Waals surface area contributed by atoms with E-state index in [1.165, 1.54) is 231 Å². The zero-order valence-electron chi connectivity index (χ0n) is 34.8. The van der Waals surface area contributed by atoms with Gasteiger partial charge in [-0.1, -0.05) is 264 Å². The molecule has 0 fully saturated rings. The zero-order chi connectivity index (χ0) is 36.3. The van der Waals surface area contributed by atoms with Crippen molar-refractivity contribution in [3.63, 3.8) is 0 Å². The quantitative estimate of drug-likeness (QED) is 0.0274. The van der Waals surface area contributed by atoms with Crippen molar-refractivity contribution in [1.82, 2.24) is 0 Å². The summed E-state index contributed by atoms with van der Waals surface area (Å²) in [5, 5.41) is 0. The highest BCUT2D eigenvalue weighted by molar-refractivity contribution is 5.82. The molecule has 0 spiro atoms. The number of hydrogen-bond donors (Lipinski definition) is 0. The molecule has 0 aliphatic rings. The summed E-state index contributed by atoms with van der Waals surface area (Å²) in [6, 6.07) is 0. The topological polar surface area (TPSA) is 26.3 Å². The van der Waals surface area contributed by atoms with E-state index in [0.29, 0.717) is 6.61 Å². The van der Waals surface area contributed by atoms with Gasteiger partial charge in [0.2, 0.25) is 0 Å². The molecule has 0 aromatic heterocycles. The third-order valence-corrected chi connectivity index (χ3v) is 10.6. The summed E-state index contributed by atoms with van der Waals surface area (Å²) in [7, 11) is 0. The fourth-order valence-electron chi connectivity index (χ4n) is 7.18. The maximum absolute atomic E-state index is 11.9. The van der Waals surface area contributed by atoms with Crippen molar-refractivity contribution in [2.24, 2.45) is 5.92 Å². The van der Waals surface area contributed by atoms with Gasteiger partial charge in [0.15, 0.2) is 0 Å². The molecule has 0 N–H and O–H groups in total. The summed E-state index contributed by atoms with van der Waals surface area (Å²) >= 11 is 0. The first-order chi connectivity index (χ1) is 24.7. The van der Waals surface area contributed by atoms with Crippen molar-refractivity contribution in [3.05, 3.63) is 24.3 Å². The van der Waals surface area contributed by atoms with Gasteiger partial charge >= 0.3 is 5.97 Å². The van der Waals surface area contributed by atoms with E-state index in [9.17, 15) is 4.79 Å². The Bertz CT molecular complexity index is 692. The molecule has 0 unspecified atom stereocenters. The first-order valence-corrected chi connectivity index (χ1v) is 23.2. The molecule has 0 saturated carbocycles. The molecule has 0 aromatic rings. The van der Waals surface area contributed by atoms with Crippen LogP contribution in [0.3, 0.4) is 0 Å². The highest BCUT2D eigenvalue weighted by Crippen LogP contribution is 2.17. The Balaban J connectivity index is 3.23. The van der Waals surface area contributed by atoms with Crippen LogP contribution in [0.4, 0.5) is 0 Å². The lowest BCUT2D eigenvalue weighted by Crippen LogP contribution is -2.02. The average Bonchev–Trinajstić information content (AvgIpc) is 3.11. The number of ether oxygens (including phenoxy) is 1. The molecule has 0 rings (SSSR count). The van der Waals surface area contributed by atoms with Gasteiger partial charge in [0.05, 0.1) is 6.61 Å². The molecular weight excluding hydrogens is 609 g/mol. The van der Waals surface area contributed by atoms with Crippen molar-refractivity contribution in [2.75, 3.05) is 6.61 Å². The first-order valence-electron chi connectivity index (χ1n) is 23.2. The lowest BCUT2D eigenvalue weighted by Gasteiger charge is -2.05. The number of carbonyl (C=O) groups excluding carboxylic acids is 1. The number of carbonyl (C=O) groups is 1. The lowest BCUT2D eigenvalue weighted by molar-refractivity contribution is -0.137. The van der Waals surface area contributed by atoms with Crippen LogP contribution in [0.25, 0.3) is 0 Å². The fraction of sp³-hybridized carbons (Fsp3) is 0.896. The van der Waals surface area contributed by atoms with E-state index in [2.05, 4.69) is 26.8 Å². The minimum Gasteiger partial charge on any atom is -0.463 e. The van der Waals surface area contributed by atoms with Crippen LogP contribution in [-0.4, -0.2) is 12.6 Å². The summed E-state index contributed by atoms with van der Waals surface area (Å²) in [6.07, 6.45) is 60.5.